The first-order chi connectivity index (χ1) is 17.3. The van der Waals surface area contributed by atoms with Gasteiger partial charge < -0.3 is 15.0 Å². The van der Waals surface area contributed by atoms with Crippen molar-refractivity contribution >= 4 is 23.2 Å². The molecule has 0 spiro atoms. The molecule has 3 aromatic rings. The molecular weight excluding hydrogens is 458 g/mol. The highest BCUT2D eigenvalue weighted by atomic mass is 16.6. The molecule has 0 aliphatic heterocycles. The van der Waals surface area contributed by atoms with E-state index in [0.717, 1.165) is 36.0 Å². The lowest BCUT2D eigenvalue weighted by Crippen LogP contribution is -2.32. The lowest BCUT2D eigenvalue weighted by Gasteiger charge is -2.33. The number of hydrogen-bond donors (Lipinski definition) is 1. The Morgan fingerprint density at radius 2 is 1.89 bits per heavy atom. The number of fused-ring (bicyclic) bond motifs is 1. The molecule has 4 rings (SSSR count). The van der Waals surface area contributed by atoms with Gasteiger partial charge in [-0.25, -0.2) is 0 Å². The number of carbonyl (C=O) groups excluding carboxylic acids is 2. The Morgan fingerprint density at radius 3 is 2.61 bits per heavy atom. The molecule has 1 aliphatic rings. The van der Waals surface area contributed by atoms with E-state index in [4.69, 9.17) is 4.74 Å². The van der Waals surface area contributed by atoms with Gasteiger partial charge in [0.05, 0.1) is 18.0 Å². The van der Waals surface area contributed by atoms with E-state index in [-0.39, 0.29) is 29.0 Å². The van der Waals surface area contributed by atoms with Crippen molar-refractivity contribution in [1.82, 2.24) is 5.32 Å². The standard InChI is InChI=1S/C28H29N3O5/c1-29-27(32)26(19-8-5-11-23(16-19)36-3)24-12-6-7-18-13-14-21(17-25(18)24)30(2)28(33)20-9-4-10-22(15-20)31(34)35/h4-5,8-11,13-17,24,26H,6-7,12H2,1-3H3,(H,29,32). The summed E-state index contributed by atoms with van der Waals surface area (Å²) in [6.45, 7) is 0. The van der Waals surface area contributed by atoms with Crippen LogP contribution >= 0.6 is 0 Å². The number of hydrogen-bond acceptors (Lipinski definition) is 5. The van der Waals surface area contributed by atoms with E-state index >= 15 is 0 Å². The van der Waals surface area contributed by atoms with Crippen molar-refractivity contribution in [1.29, 1.82) is 0 Å². The number of likely N-dealkylation sites (N-methyl/N-ethyl adjacent to an activating group) is 1. The maximum absolute atomic E-state index is 13.2. The predicted octanol–water partition coefficient (Wildman–Crippen LogP) is 4.83. The smallest absolute Gasteiger partial charge is 0.270 e. The van der Waals surface area contributed by atoms with Crippen LogP contribution in [-0.2, 0) is 11.2 Å². The highest BCUT2D eigenvalue weighted by Crippen LogP contribution is 2.43. The zero-order valence-corrected chi connectivity index (χ0v) is 20.6. The number of nitro groups is 1. The third kappa shape index (κ3) is 4.93. The van der Waals surface area contributed by atoms with E-state index < -0.39 is 10.8 Å². The summed E-state index contributed by atoms with van der Waals surface area (Å²) in [5.41, 5.74) is 3.83. The second-order valence-electron chi connectivity index (χ2n) is 8.92. The van der Waals surface area contributed by atoms with Gasteiger partial charge in [-0.2, -0.15) is 0 Å². The second kappa shape index (κ2) is 10.6. The number of ether oxygens (including phenoxy) is 1. The van der Waals surface area contributed by atoms with E-state index in [1.165, 1.54) is 23.1 Å². The number of methoxy groups -OCH3 is 1. The molecule has 3 aromatic carbocycles. The molecule has 1 N–H and O–H groups in total. The summed E-state index contributed by atoms with van der Waals surface area (Å²) in [5, 5.41) is 14.0. The molecule has 1 aliphatic carbocycles. The Bertz CT molecular complexity index is 1310. The van der Waals surface area contributed by atoms with Crippen molar-refractivity contribution < 1.29 is 19.2 Å². The molecule has 0 aromatic heterocycles. The summed E-state index contributed by atoms with van der Waals surface area (Å²) in [7, 11) is 4.89. The number of rotatable bonds is 7. The molecule has 36 heavy (non-hydrogen) atoms. The third-order valence-electron chi connectivity index (χ3n) is 6.87. The van der Waals surface area contributed by atoms with Gasteiger partial charge in [0.2, 0.25) is 5.91 Å². The van der Waals surface area contributed by atoms with E-state index in [9.17, 15) is 19.7 Å². The molecule has 0 saturated carbocycles. The van der Waals surface area contributed by atoms with Crippen LogP contribution in [0.3, 0.4) is 0 Å². The minimum Gasteiger partial charge on any atom is -0.497 e. The molecule has 0 radical (unpaired) electrons. The van der Waals surface area contributed by atoms with Crippen LogP contribution in [-0.4, -0.2) is 37.9 Å². The number of nitrogens with one attached hydrogen (secondary N) is 1. The van der Waals surface area contributed by atoms with Gasteiger partial charge in [0.15, 0.2) is 0 Å². The lowest BCUT2D eigenvalue weighted by molar-refractivity contribution is -0.384. The molecule has 2 amide bonds. The molecule has 186 valence electrons. The van der Waals surface area contributed by atoms with Crippen LogP contribution in [0.5, 0.6) is 5.75 Å². The van der Waals surface area contributed by atoms with Crippen LogP contribution in [0.25, 0.3) is 0 Å². The molecule has 2 unspecified atom stereocenters. The SMILES string of the molecule is CNC(=O)C(c1cccc(OC)c1)C1CCCc2ccc(N(C)C(=O)c3cccc([N+](=O)[O-])c3)cc21. The first-order valence-electron chi connectivity index (χ1n) is 11.8. The minimum atomic E-state index is -0.516. The van der Waals surface area contributed by atoms with E-state index in [0.29, 0.717) is 11.4 Å². The number of nitro benzene ring substituents is 1. The van der Waals surface area contributed by atoms with Gasteiger partial charge in [-0.15, -0.1) is 0 Å². The second-order valence-corrected chi connectivity index (χ2v) is 8.92. The van der Waals surface area contributed by atoms with Crippen LogP contribution in [0.15, 0.2) is 66.7 Å². The minimum absolute atomic E-state index is 0.0764. The summed E-state index contributed by atoms with van der Waals surface area (Å²) in [6, 6.07) is 19.2. The fourth-order valence-electron chi connectivity index (χ4n) is 5.00. The third-order valence-corrected chi connectivity index (χ3v) is 6.87. The number of aryl methyl sites for hydroxylation is 1. The lowest BCUT2D eigenvalue weighted by atomic mass is 9.72. The van der Waals surface area contributed by atoms with Gasteiger partial charge >= 0.3 is 0 Å². The average molecular weight is 488 g/mol. The fraction of sp³-hybridized carbons (Fsp3) is 0.286. The Kier molecular flexibility index (Phi) is 7.33. The van der Waals surface area contributed by atoms with Gasteiger partial charge in [0.25, 0.3) is 11.6 Å². The monoisotopic (exact) mass is 487 g/mol. The Hall–Kier alpha value is -4.20. The van der Waals surface area contributed by atoms with Crippen molar-refractivity contribution in [2.24, 2.45) is 0 Å². The van der Waals surface area contributed by atoms with Gasteiger partial charge in [-0.3, -0.25) is 19.7 Å². The first-order valence-corrected chi connectivity index (χ1v) is 11.8. The quantitative estimate of drug-likeness (QED) is 0.380. The topological polar surface area (TPSA) is 102 Å². The summed E-state index contributed by atoms with van der Waals surface area (Å²) in [5.74, 6) is -0.234. The van der Waals surface area contributed by atoms with Crippen LogP contribution in [0.2, 0.25) is 0 Å². The highest BCUT2D eigenvalue weighted by Gasteiger charge is 2.34. The largest absolute Gasteiger partial charge is 0.497 e. The molecular formula is C28H29N3O5. The normalized spacial score (nSPS) is 15.4. The predicted molar refractivity (Wildman–Crippen MR) is 138 cm³/mol. The summed E-state index contributed by atoms with van der Waals surface area (Å²) in [4.78, 5) is 38.5. The van der Waals surface area contributed by atoms with E-state index in [1.807, 2.05) is 42.5 Å². The number of nitrogens with zero attached hydrogens (tertiary/aromatic N) is 2. The van der Waals surface area contributed by atoms with Crippen molar-refractivity contribution in [3.05, 3.63) is 99.1 Å². The fourth-order valence-corrected chi connectivity index (χ4v) is 5.00. The number of anilines is 1. The molecule has 8 nitrogen and oxygen atoms in total. The summed E-state index contributed by atoms with van der Waals surface area (Å²) < 4.78 is 5.40. The van der Waals surface area contributed by atoms with E-state index in [1.54, 1.807) is 27.3 Å². The van der Waals surface area contributed by atoms with Crippen LogP contribution in [0, 0.1) is 10.1 Å². The van der Waals surface area contributed by atoms with Gasteiger partial charge in [-0.1, -0.05) is 24.3 Å². The maximum atomic E-state index is 13.2. The Morgan fingerprint density at radius 1 is 1.11 bits per heavy atom. The zero-order chi connectivity index (χ0) is 25.8. The molecule has 0 fully saturated rings. The first kappa shape index (κ1) is 24.9. The van der Waals surface area contributed by atoms with Crippen molar-refractivity contribution in [3.8, 4) is 5.75 Å². The molecule has 0 bridgehead atoms. The van der Waals surface area contributed by atoms with Crippen LogP contribution < -0.4 is 15.0 Å². The number of carbonyl (C=O) groups is 2. The van der Waals surface area contributed by atoms with Crippen molar-refractivity contribution in [2.45, 2.75) is 31.1 Å². The van der Waals surface area contributed by atoms with Gasteiger partial charge in [-0.05, 0) is 72.2 Å². The number of benzene rings is 3. The highest BCUT2D eigenvalue weighted by molar-refractivity contribution is 6.06. The number of amides is 2. The Labute approximate surface area is 210 Å². The average Bonchev–Trinajstić information content (AvgIpc) is 2.92. The Balaban J connectivity index is 1.72. The molecule has 8 heteroatoms. The molecule has 0 saturated heterocycles. The van der Waals surface area contributed by atoms with Gasteiger partial charge in [0, 0.05) is 37.5 Å². The molecule has 0 heterocycles. The maximum Gasteiger partial charge on any atom is 0.270 e. The van der Waals surface area contributed by atoms with Gasteiger partial charge in [0.1, 0.15) is 5.75 Å². The van der Waals surface area contributed by atoms with Crippen molar-refractivity contribution in [3.63, 3.8) is 0 Å². The summed E-state index contributed by atoms with van der Waals surface area (Å²) >= 11 is 0. The van der Waals surface area contributed by atoms with Crippen LogP contribution in [0.4, 0.5) is 11.4 Å². The van der Waals surface area contributed by atoms with E-state index in [2.05, 4.69) is 5.32 Å². The van der Waals surface area contributed by atoms with Crippen LogP contribution in [0.1, 0.15) is 51.7 Å². The molecule has 2 atom stereocenters. The zero-order valence-electron chi connectivity index (χ0n) is 20.6. The number of non-ortho nitro benzene ring substituents is 1. The van der Waals surface area contributed by atoms with Crippen molar-refractivity contribution in [2.75, 3.05) is 26.1 Å². The summed E-state index contributed by atoms with van der Waals surface area (Å²) in [6.07, 6.45) is 2.68.